The first-order chi connectivity index (χ1) is 10.1. The molecule has 1 aromatic heterocycles. The molecule has 3 N–H and O–H groups in total. The smallest absolute Gasteiger partial charge is 0.0728 e. The molecular weight excluding hydrogens is 260 g/mol. The van der Waals surface area contributed by atoms with Crippen molar-refractivity contribution in [2.45, 2.75) is 34.1 Å². The number of rotatable bonds is 6. The maximum Gasteiger partial charge on any atom is 0.0728 e. The van der Waals surface area contributed by atoms with E-state index in [1.807, 2.05) is 0 Å². The molecular formula is C17H26N4. The fraction of sp³-hybridized carbons (Fsp3) is 0.471. The summed E-state index contributed by atoms with van der Waals surface area (Å²) in [6, 6.07) is 8.47. The molecule has 0 fully saturated rings. The predicted molar refractivity (Wildman–Crippen MR) is 91.7 cm³/mol. The highest BCUT2D eigenvalue weighted by molar-refractivity contribution is 5.93. The van der Waals surface area contributed by atoms with E-state index >= 15 is 0 Å². The summed E-state index contributed by atoms with van der Waals surface area (Å²) < 4.78 is 0. The Balaban J connectivity index is 2.51. The van der Waals surface area contributed by atoms with Gasteiger partial charge in [0, 0.05) is 29.9 Å². The molecule has 1 heterocycles. The van der Waals surface area contributed by atoms with Gasteiger partial charge in [0.1, 0.15) is 0 Å². The van der Waals surface area contributed by atoms with Gasteiger partial charge in [0.25, 0.3) is 0 Å². The molecule has 2 rings (SSSR count). The SMILES string of the molecule is CCN(CC)c1ccc2nc(CC(C)C)cc(NN)c2c1. The van der Waals surface area contributed by atoms with Crippen LogP contribution in [0.1, 0.15) is 33.4 Å². The van der Waals surface area contributed by atoms with Crippen molar-refractivity contribution >= 4 is 22.3 Å². The van der Waals surface area contributed by atoms with Crippen molar-refractivity contribution in [3.05, 3.63) is 30.0 Å². The van der Waals surface area contributed by atoms with Crippen molar-refractivity contribution in [1.82, 2.24) is 4.98 Å². The Morgan fingerprint density at radius 2 is 1.90 bits per heavy atom. The molecule has 4 nitrogen and oxygen atoms in total. The van der Waals surface area contributed by atoms with Crippen molar-refractivity contribution in [3.8, 4) is 0 Å². The zero-order chi connectivity index (χ0) is 15.4. The number of nitrogens with zero attached hydrogens (tertiary/aromatic N) is 2. The van der Waals surface area contributed by atoms with Crippen LogP contribution in [0, 0.1) is 5.92 Å². The van der Waals surface area contributed by atoms with Gasteiger partial charge in [-0.05, 0) is 50.5 Å². The molecule has 0 amide bonds. The summed E-state index contributed by atoms with van der Waals surface area (Å²) in [5, 5.41) is 1.08. The lowest BCUT2D eigenvalue weighted by Gasteiger charge is -2.22. The summed E-state index contributed by atoms with van der Waals surface area (Å²) in [6.07, 6.45) is 0.961. The first-order valence-corrected chi connectivity index (χ1v) is 7.74. The minimum absolute atomic E-state index is 0.579. The van der Waals surface area contributed by atoms with Crippen molar-refractivity contribution in [1.29, 1.82) is 0 Å². The van der Waals surface area contributed by atoms with Crippen LogP contribution in [0.2, 0.25) is 0 Å². The van der Waals surface area contributed by atoms with Gasteiger partial charge in [-0.2, -0.15) is 0 Å². The predicted octanol–water partition coefficient (Wildman–Crippen LogP) is 3.57. The molecule has 1 aromatic carbocycles. The van der Waals surface area contributed by atoms with Crippen LogP contribution in [-0.4, -0.2) is 18.1 Å². The largest absolute Gasteiger partial charge is 0.372 e. The molecule has 0 unspecified atom stereocenters. The average Bonchev–Trinajstić information content (AvgIpc) is 2.47. The van der Waals surface area contributed by atoms with Crippen molar-refractivity contribution < 1.29 is 0 Å². The minimum Gasteiger partial charge on any atom is -0.372 e. The summed E-state index contributed by atoms with van der Waals surface area (Å²) >= 11 is 0. The van der Waals surface area contributed by atoms with Crippen LogP contribution in [0.3, 0.4) is 0 Å². The van der Waals surface area contributed by atoms with Crippen LogP contribution >= 0.6 is 0 Å². The number of hydrogen-bond acceptors (Lipinski definition) is 4. The second-order valence-electron chi connectivity index (χ2n) is 5.78. The van der Waals surface area contributed by atoms with Crippen molar-refractivity contribution in [2.24, 2.45) is 11.8 Å². The molecule has 0 radical (unpaired) electrons. The van der Waals surface area contributed by atoms with Crippen LogP contribution in [0.5, 0.6) is 0 Å². The number of anilines is 2. The third-order valence-electron chi connectivity index (χ3n) is 3.75. The highest BCUT2D eigenvalue weighted by Gasteiger charge is 2.09. The third kappa shape index (κ3) is 3.45. The normalized spacial score (nSPS) is 11.1. The van der Waals surface area contributed by atoms with Crippen molar-refractivity contribution in [3.63, 3.8) is 0 Å². The van der Waals surface area contributed by atoms with E-state index in [-0.39, 0.29) is 0 Å². The van der Waals surface area contributed by atoms with E-state index in [4.69, 9.17) is 10.8 Å². The van der Waals surface area contributed by atoms with Gasteiger partial charge in [-0.15, -0.1) is 0 Å². The van der Waals surface area contributed by atoms with Gasteiger partial charge >= 0.3 is 0 Å². The Morgan fingerprint density at radius 1 is 1.19 bits per heavy atom. The van der Waals surface area contributed by atoms with Crippen LogP contribution in [0.4, 0.5) is 11.4 Å². The number of pyridine rings is 1. The summed E-state index contributed by atoms with van der Waals surface area (Å²) in [7, 11) is 0. The summed E-state index contributed by atoms with van der Waals surface area (Å²) in [5.74, 6) is 6.29. The van der Waals surface area contributed by atoms with Gasteiger partial charge in [-0.25, -0.2) is 0 Å². The number of hydrazine groups is 1. The minimum atomic E-state index is 0.579. The number of nitrogens with one attached hydrogen (secondary N) is 1. The fourth-order valence-electron chi connectivity index (χ4n) is 2.70. The standard InChI is InChI=1S/C17H26N4/c1-5-21(6-2)14-7-8-16-15(11-14)17(20-18)10-13(19-16)9-12(3)4/h7-8,10-12H,5-6,9,18H2,1-4H3,(H,19,20). The Hall–Kier alpha value is -1.81. The molecule has 0 aliphatic rings. The van der Waals surface area contributed by atoms with Gasteiger partial charge in [-0.1, -0.05) is 13.8 Å². The molecule has 0 saturated heterocycles. The molecule has 0 aliphatic heterocycles. The molecule has 4 heteroatoms. The highest BCUT2D eigenvalue weighted by atomic mass is 15.2. The number of hydrogen-bond donors (Lipinski definition) is 2. The lowest BCUT2D eigenvalue weighted by atomic mass is 10.0. The average molecular weight is 286 g/mol. The Kier molecular flexibility index (Phi) is 5.02. The van der Waals surface area contributed by atoms with Crippen LogP contribution in [-0.2, 0) is 6.42 Å². The van der Waals surface area contributed by atoms with E-state index in [9.17, 15) is 0 Å². The van der Waals surface area contributed by atoms with E-state index in [1.165, 1.54) is 5.69 Å². The second-order valence-corrected chi connectivity index (χ2v) is 5.78. The Bertz CT molecular complexity index is 603. The molecule has 0 aliphatic carbocycles. The lowest BCUT2D eigenvalue weighted by Crippen LogP contribution is -2.21. The summed E-state index contributed by atoms with van der Waals surface area (Å²) in [6.45, 7) is 10.7. The van der Waals surface area contributed by atoms with Crippen LogP contribution in [0.25, 0.3) is 10.9 Å². The highest BCUT2D eigenvalue weighted by Crippen LogP contribution is 2.28. The number of nitrogen functional groups attached to an aromatic ring is 1. The number of fused-ring (bicyclic) bond motifs is 1. The Morgan fingerprint density at radius 3 is 2.48 bits per heavy atom. The van der Waals surface area contributed by atoms with E-state index in [2.05, 4.69) is 62.3 Å². The molecule has 2 aromatic rings. The molecule has 114 valence electrons. The zero-order valence-corrected chi connectivity index (χ0v) is 13.5. The molecule has 0 saturated carbocycles. The van der Waals surface area contributed by atoms with E-state index < -0.39 is 0 Å². The summed E-state index contributed by atoms with van der Waals surface area (Å²) in [5.41, 5.74) is 7.07. The van der Waals surface area contributed by atoms with E-state index in [1.54, 1.807) is 0 Å². The zero-order valence-electron chi connectivity index (χ0n) is 13.5. The number of benzene rings is 1. The molecule has 0 bridgehead atoms. The van der Waals surface area contributed by atoms with E-state index in [0.29, 0.717) is 5.92 Å². The monoisotopic (exact) mass is 286 g/mol. The molecule has 0 spiro atoms. The fourth-order valence-corrected chi connectivity index (χ4v) is 2.70. The third-order valence-corrected chi connectivity index (χ3v) is 3.75. The quantitative estimate of drug-likeness (QED) is 0.629. The van der Waals surface area contributed by atoms with Crippen molar-refractivity contribution in [2.75, 3.05) is 23.4 Å². The van der Waals surface area contributed by atoms with Crippen LogP contribution in [0.15, 0.2) is 24.3 Å². The lowest BCUT2D eigenvalue weighted by molar-refractivity contribution is 0.637. The van der Waals surface area contributed by atoms with Gasteiger partial charge < -0.3 is 10.3 Å². The van der Waals surface area contributed by atoms with E-state index in [0.717, 1.165) is 41.8 Å². The summed E-state index contributed by atoms with van der Waals surface area (Å²) in [4.78, 5) is 7.08. The maximum absolute atomic E-state index is 5.72. The molecule has 21 heavy (non-hydrogen) atoms. The van der Waals surface area contributed by atoms with Gasteiger partial charge in [-0.3, -0.25) is 10.8 Å². The first-order valence-electron chi connectivity index (χ1n) is 7.74. The Labute approximate surface area is 127 Å². The second kappa shape index (κ2) is 6.76. The topological polar surface area (TPSA) is 54.2 Å². The van der Waals surface area contributed by atoms with Gasteiger partial charge in [0.15, 0.2) is 0 Å². The number of nitrogens with two attached hydrogens (primary N) is 1. The molecule has 0 atom stereocenters. The van der Waals surface area contributed by atoms with Crippen LogP contribution < -0.4 is 16.2 Å². The number of aromatic nitrogens is 1. The van der Waals surface area contributed by atoms with Gasteiger partial charge in [0.2, 0.25) is 0 Å². The first kappa shape index (κ1) is 15.6. The maximum atomic E-state index is 5.72. The van der Waals surface area contributed by atoms with Gasteiger partial charge in [0.05, 0.1) is 11.2 Å².